The molecule has 1 N–H and O–H groups in total. The molecule has 0 aromatic carbocycles. The summed E-state index contributed by atoms with van der Waals surface area (Å²) in [5.74, 6) is 1.53. The standard InChI is InChI=1S/C12H17N3OS2/c1-8(2)5-13-6-11-14-15-12(18-11)10-4-9(16-3)7-17-10/h4,7-8,13H,5-6H2,1-3H3. The molecule has 0 atom stereocenters. The average Bonchev–Trinajstić information content (AvgIpc) is 2.95. The lowest BCUT2D eigenvalue weighted by molar-refractivity contribution is 0.417. The Morgan fingerprint density at radius 2 is 2.22 bits per heavy atom. The summed E-state index contributed by atoms with van der Waals surface area (Å²) in [5, 5.41) is 15.7. The second-order valence-corrected chi connectivity index (χ2v) is 6.35. The van der Waals surface area contributed by atoms with E-state index in [0.29, 0.717) is 5.92 Å². The van der Waals surface area contributed by atoms with E-state index in [-0.39, 0.29) is 0 Å². The van der Waals surface area contributed by atoms with Crippen LogP contribution < -0.4 is 10.1 Å². The molecule has 0 saturated carbocycles. The first-order valence-electron chi connectivity index (χ1n) is 5.85. The van der Waals surface area contributed by atoms with E-state index < -0.39 is 0 Å². The zero-order chi connectivity index (χ0) is 13.0. The van der Waals surface area contributed by atoms with E-state index in [9.17, 15) is 0 Å². The van der Waals surface area contributed by atoms with Crippen LogP contribution in [-0.2, 0) is 6.54 Å². The molecule has 2 aromatic rings. The van der Waals surface area contributed by atoms with Crippen molar-refractivity contribution in [1.29, 1.82) is 0 Å². The Labute approximate surface area is 115 Å². The predicted octanol–water partition coefficient (Wildman–Crippen LogP) is 3.02. The van der Waals surface area contributed by atoms with Gasteiger partial charge in [-0.15, -0.1) is 21.5 Å². The monoisotopic (exact) mass is 283 g/mol. The zero-order valence-corrected chi connectivity index (χ0v) is 12.4. The van der Waals surface area contributed by atoms with Crippen molar-refractivity contribution in [3.63, 3.8) is 0 Å². The van der Waals surface area contributed by atoms with Crippen LogP contribution in [0.3, 0.4) is 0 Å². The number of nitrogens with zero attached hydrogens (tertiary/aromatic N) is 2. The highest BCUT2D eigenvalue weighted by molar-refractivity contribution is 7.20. The fourth-order valence-corrected chi connectivity index (χ4v) is 3.15. The van der Waals surface area contributed by atoms with Gasteiger partial charge in [0.1, 0.15) is 10.8 Å². The predicted molar refractivity (Wildman–Crippen MR) is 76.3 cm³/mol. The maximum absolute atomic E-state index is 5.17. The summed E-state index contributed by atoms with van der Waals surface area (Å²) in [6.45, 7) is 6.17. The van der Waals surface area contributed by atoms with E-state index in [4.69, 9.17) is 4.74 Å². The largest absolute Gasteiger partial charge is 0.496 e. The van der Waals surface area contributed by atoms with E-state index >= 15 is 0 Å². The molecule has 0 aliphatic carbocycles. The SMILES string of the molecule is COc1csc(-c2nnc(CNCC(C)C)s2)c1. The molecule has 0 aliphatic rings. The molecule has 0 spiro atoms. The van der Waals surface area contributed by atoms with Crippen LogP contribution in [-0.4, -0.2) is 23.9 Å². The van der Waals surface area contributed by atoms with Crippen LogP contribution in [0.4, 0.5) is 0 Å². The van der Waals surface area contributed by atoms with Gasteiger partial charge in [-0.2, -0.15) is 0 Å². The molecule has 18 heavy (non-hydrogen) atoms. The van der Waals surface area contributed by atoms with Crippen LogP contribution in [0.5, 0.6) is 5.75 Å². The van der Waals surface area contributed by atoms with Gasteiger partial charge in [0, 0.05) is 18.0 Å². The minimum atomic E-state index is 0.652. The molecule has 0 bridgehead atoms. The Morgan fingerprint density at radius 3 is 2.89 bits per heavy atom. The third-order valence-corrected chi connectivity index (χ3v) is 4.32. The first-order chi connectivity index (χ1) is 8.69. The van der Waals surface area contributed by atoms with Gasteiger partial charge in [-0.3, -0.25) is 0 Å². The van der Waals surface area contributed by atoms with Crippen LogP contribution in [0.25, 0.3) is 9.88 Å². The Bertz CT molecular complexity index is 493. The lowest BCUT2D eigenvalue weighted by Gasteiger charge is -2.03. The Balaban J connectivity index is 1.97. The molecule has 2 heterocycles. The fourth-order valence-electron chi connectivity index (χ4n) is 1.43. The Hall–Kier alpha value is -0.980. The molecular formula is C12H17N3OS2. The van der Waals surface area contributed by atoms with E-state index in [2.05, 4.69) is 29.4 Å². The van der Waals surface area contributed by atoms with Crippen molar-refractivity contribution in [2.24, 2.45) is 5.92 Å². The van der Waals surface area contributed by atoms with Crippen molar-refractivity contribution in [2.75, 3.05) is 13.7 Å². The van der Waals surface area contributed by atoms with Gasteiger partial charge in [-0.25, -0.2) is 0 Å². The number of hydrogen-bond acceptors (Lipinski definition) is 6. The highest BCUT2D eigenvalue weighted by Crippen LogP contribution is 2.32. The first kappa shape index (κ1) is 13.5. The van der Waals surface area contributed by atoms with Gasteiger partial charge >= 0.3 is 0 Å². The molecule has 0 amide bonds. The van der Waals surface area contributed by atoms with Crippen LogP contribution in [0.2, 0.25) is 0 Å². The number of rotatable bonds is 6. The third kappa shape index (κ3) is 3.51. The third-order valence-electron chi connectivity index (χ3n) is 2.32. The summed E-state index contributed by atoms with van der Waals surface area (Å²) >= 11 is 3.26. The van der Waals surface area contributed by atoms with E-state index in [1.807, 2.05) is 11.4 Å². The van der Waals surface area contributed by atoms with E-state index in [0.717, 1.165) is 33.7 Å². The van der Waals surface area contributed by atoms with Crippen molar-refractivity contribution in [2.45, 2.75) is 20.4 Å². The number of ether oxygens (including phenoxy) is 1. The maximum Gasteiger partial charge on any atom is 0.157 e. The van der Waals surface area contributed by atoms with Gasteiger partial charge in [0.2, 0.25) is 0 Å². The summed E-state index contributed by atoms with van der Waals surface area (Å²) < 4.78 is 5.17. The number of methoxy groups -OCH3 is 1. The van der Waals surface area contributed by atoms with E-state index in [1.54, 1.807) is 29.8 Å². The van der Waals surface area contributed by atoms with Gasteiger partial charge in [0.25, 0.3) is 0 Å². The molecule has 2 aromatic heterocycles. The van der Waals surface area contributed by atoms with Gasteiger partial charge in [0.05, 0.1) is 12.0 Å². The maximum atomic E-state index is 5.17. The quantitative estimate of drug-likeness (QED) is 0.885. The van der Waals surface area contributed by atoms with Crippen LogP contribution in [0.1, 0.15) is 18.9 Å². The fraction of sp³-hybridized carbons (Fsp3) is 0.500. The normalized spacial score (nSPS) is 11.1. The number of aromatic nitrogens is 2. The molecule has 0 aliphatic heterocycles. The minimum absolute atomic E-state index is 0.652. The molecule has 98 valence electrons. The zero-order valence-electron chi connectivity index (χ0n) is 10.8. The molecule has 0 unspecified atom stereocenters. The van der Waals surface area contributed by atoms with Crippen LogP contribution in [0, 0.1) is 5.92 Å². The van der Waals surface area contributed by atoms with Crippen molar-refractivity contribution < 1.29 is 4.74 Å². The number of hydrogen-bond donors (Lipinski definition) is 1. The minimum Gasteiger partial charge on any atom is -0.496 e. The number of nitrogens with one attached hydrogen (secondary N) is 1. The van der Waals surface area contributed by atoms with Gasteiger partial charge in [-0.05, 0) is 12.5 Å². The molecular weight excluding hydrogens is 266 g/mol. The van der Waals surface area contributed by atoms with E-state index in [1.165, 1.54) is 0 Å². The lowest BCUT2D eigenvalue weighted by atomic mass is 10.2. The Morgan fingerprint density at radius 1 is 1.39 bits per heavy atom. The molecule has 0 fully saturated rings. The van der Waals surface area contributed by atoms with Gasteiger partial charge in [0.15, 0.2) is 5.01 Å². The number of thiophene rings is 1. The molecule has 0 radical (unpaired) electrons. The summed E-state index contributed by atoms with van der Waals surface area (Å²) in [6.07, 6.45) is 0. The summed E-state index contributed by atoms with van der Waals surface area (Å²) in [5.41, 5.74) is 0. The molecule has 0 saturated heterocycles. The van der Waals surface area contributed by atoms with Gasteiger partial charge in [-0.1, -0.05) is 25.2 Å². The van der Waals surface area contributed by atoms with Crippen LogP contribution in [0.15, 0.2) is 11.4 Å². The second-order valence-electron chi connectivity index (χ2n) is 4.38. The van der Waals surface area contributed by atoms with Crippen molar-refractivity contribution in [3.8, 4) is 15.6 Å². The lowest BCUT2D eigenvalue weighted by Crippen LogP contribution is -2.18. The highest BCUT2D eigenvalue weighted by atomic mass is 32.1. The second kappa shape index (κ2) is 6.26. The topological polar surface area (TPSA) is 47.0 Å². The smallest absolute Gasteiger partial charge is 0.157 e. The summed E-state index contributed by atoms with van der Waals surface area (Å²) in [6, 6.07) is 2.00. The Kier molecular flexibility index (Phi) is 4.68. The van der Waals surface area contributed by atoms with Gasteiger partial charge < -0.3 is 10.1 Å². The average molecular weight is 283 g/mol. The highest BCUT2D eigenvalue weighted by Gasteiger charge is 2.09. The molecule has 4 nitrogen and oxygen atoms in total. The summed E-state index contributed by atoms with van der Waals surface area (Å²) in [4.78, 5) is 1.11. The molecule has 2 rings (SSSR count). The molecule has 6 heteroatoms. The first-order valence-corrected chi connectivity index (χ1v) is 7.54. The van der Waals surface area contributed by atoms with Crippen molar-refractivity contribution in [1.82, 2.24) is 15.5 Å². The van der Waals surface area contributed by atoms with Crippen molar-refractivity contribution >= 4 is 22.7 Å². The van der Waals surface area contributed by atoms with Crippen molar-refractivity contribution in [3.05, 3.63) is 16.5 Å². The van der Waals surface area contributed by atoms with Crippen LogP contribution >= 0.6 is 22.7 Å². The summed E-state index contributed by atoms with van der Waals surface area (Å²) in [7, 11) is 1.67.